The highest BCUT2D eigenvalue weighted by atomic mass is 35.5. The molecule has 12 heavy (non-hydrogen) atoms. The van der Waals surface area contributed by atoms with E-state index in [0.29, 0.717) is 0 Å². The van der Waals surface area contributed by atoms with E-state index in [1.807, 2.05) is 0 Å². The summed E-state index contributed by atoms with van der Waals surface area (Å²) in [6.45, 7) is -0.236. The second-order valence-electron chi connectivity index (χ2n) is 3.07. The zero-order valence-electron chi connectivity index (χ0n) is 6.96. The van der Waals surface area contributed by atoms with E-state index in [1.54, 1.807) is 0 Å². The standard InChI is InChI=1S/C6H14ClNO3S/c1-12(10,11)5-6(2-7,3-8)4-9/h9H,2-5,8H2,1H3/t6-/m0/s1. The minimum absolute atomic E-state index is 0.0487. The van der Waals surface area contributed by atoms with Gasteiger partial charge in [0.15, 0.2) is 0 Å². The van der Waals surface area contributed by atoms with Crippen LogP contribution in [0, 0.1) is 5.41 Å². The number of alkyl halides is 1. The lowest BCUT2D eigenvalue weighted by atomic mass is 9.95. The van der Waals surface area contributed by atoms with Crippen LogP contribution in [0.25, 0.3) is 0 Å². The summed E-state index contributed by atoms with van der Waals surface area (Å²) in [5.74, 6) is -0.121. The molecular weight excluding hydrogens is 202 g/mol. The number of aliphatic hydroxyl groups excluding tert-OH is 1. The normalized spacial score (nSPS) is 17.3. The molecule has 0 amide bonds. The van der Waals surface area contributed by atoms with E-state index >= 15 is 0 Å². The van der Waals surface area contributed by atoms with Gasteiger partial charge in [0.2, 0.25) is 0 Å². The van der Waals surface area contributed by atoms with Crippen LogP contribution in [0.4, 0.5) is 0 Å². The first-order valence-electron chi connectivity index (χ1n) is 3.44. The van der Waals surface area contributed by atoms with Gasteiger partial charge in [-0.2, -0.15) is 0 Å². The fourth-order valence-electron chi connectivity index (χ4n) is 0.861. The predicted octanol–water partition coefficient (Wildman–Crippen LogP) is -0.793. The van der Waals surface area contributed by atoms with Crippen LogP contribution in [0.15, 0.2) is 0 Å². The van der Waals surface area contributed by atoms with Crippen molar-refractivity contribution in [3.05, 3.63) is 0 Å². The average Bonchev–Trinajstić information content (AvgIpc) is 1.99. The van der Waals surface area contributed by atoms with E-state index in [0.717, 1.165) is 6.26 Å². The number of rotatable bonds is 5. The Kier molecular flexibility index (Phi) is 4.47. The summed E-state index contributed by atoms with van der Waals surface area (Å²) in [5, 5.41) is 8.91. The largest absolute Gasteiger partial charge is 0.396 e. The Morgan fingerprint density at radius 3 is 2.17 bits per heavy atom. The molecule has 0 spiro atoms. The van der Waals surface area contributed by atoms with Gasteiger partial charge in [0, 0.05) is 24.1 Å². The average molecular weight is 216 g/mol. The highest BCUT2D eigenvalue weighted by Gasteiger charge is 2.31. The van der Waals surface area contributed by atoms with Crippen molar-refractivity contribution in [3.8, 4) is 0 Å². The van der Waals surface area contributed by atoms with E-state index in [4.69, 9.17) is 22.4 Å². The lowest BCUT2D eigenvalue weighted by Gasteiger charge is -2.26. The molecule has 0 aromatic carbocycles. The van der Waals surface area contributed by atoms with Gasteiger partial charge in [-0.25, -0.2) is 8.42 Å². The topological polar surface area (TPSA) is 80.4 Å². The molecule has 0 heterocycles. The van der Waals surface area contributed by atoms with Crippen molar-refractivity contribution < 1.29 is 13.5 Å². The van der Waals surface area contributed by atoms with Crippen LogP contribution in [0.5, 0.6) is 0 Å². The Morgan fingerprint density at radius 2 is 2.08 bits per heavy atom. The van der Waals surface area contributed by atoms with Crippen LogP contribution in [0.1, 0.15) is 0 Å². The molecule has 0 aliphatic rings. The summed E-state index contributed by atoms with van der Waals surface area (Å²) >= 11 is 5.53. The third-order valence-corrected chi connectivity index (χ3v) is 3.32. The van der Waals surface area contributed by atoms with Crippen molar-refractivity contribution in [1.82, 2.24) is 0 Å². The number of nitrogens with two attached hydrogens (primary N) is 1. The number of aliphatic hydroxyl groups is 1. The van der Waals surface area contributed by atoms with Crippen LogP contribution in [0.2, 0.25) is 0 Å². The van der Waals surface area contributed by atoms with Crippen molar-refractivity contribution >= 4 is 21.4 Å². The minimum atomic E-state index is -3.14. The zero-order chi connectivity index (χ0) is 9.83. The Morgan fingerprint density at radius 1 is 1.58 bits per heavy atom. The summed E-state index contributed by atoms with van der Waals surface area (Å²) in [6.07, 6.45) is 1.10. The highest BCUT2D eigenvalue weighted by Crippen LogP contribution is 2.18. The Bertz CT molecular complexity index is 215. The van der Waals surface area contributed by atoms with E-state index in [1.165, 1.54) is 0 Å². The van der Waals surface area contributed by atoms with E-state index in [9.17, 15) is 8.42 Å². The van der Waals surface area contributed by atoms with Crippen LogP contribution in [0.3, 0.4) is 0 Å². The predicted molar refractivity (Wildman–Crippen MR) is 49.0 cm³/mol. The molecule has 3 N–H and O–H groups in total. The molecule has 74 valence electrons. The number of hydrogen-bond acceptors (Lipinski definition) is 4. The second-order valence-corrected chi connectivity index (χ2v) is 5.47. The third-order valence-electron chi connectivity index (χ3n) is 1.62. The maximum absolute atomic E-state index is 10.9. The van der Waals surface area contributed by atoms with Gasteiger partial charge in [-0.05, 0) is 0 Å². The summed E-state index contributed by atoms with van der Waals surface area (Å²) < 4.78 is 21.8. The van der Waals surface area contributed by atoms with Crippen molar-refractivity contribution in [2.45, 2.75) is 0 Å². The first kappa shape index (κ1) is 12.2. The summed E-state index contributed by atoms with van der Waals surface area (Å²) in [5.41, 5.74) is 4.45. The molecule has 0 aliphatic heterocycles. The Hall–Kier alpha value is 0.160. The molecule has 1 atom stereocenters. The number of halogens is 1. The molecule has 0 fully saturated rings. The molecule has 4 nitrogen and oxygen atoms in total. The van der Waals surface area contributed by atoms with E-state index in [2.05, 4.69) is 0 Å². The molecule has 0 saturated heterocycles. The first-order valence-corrected chi connectivity index (χ1v) is 6.03. The molecule has 0 bridgehead atoms. The van der Waals surface area contributed by atoms with Crippen molar-refractivity contribution in [1.29, 1.82) is 0 Å². The number of hydrogen-bond donors (Lipinski definition) is 2. The lowest BCUT2D eigenvalue weighted by Crippen LogP contribution is -2.42. The van der Waals surface area contributed by atoms with Gasteiger partial charge in [-0.15, -0.1) is 11.6 Å². The van der Waals surface area contributed by atoms with Crippen molar-refractivity contribution in [3.63, 3.8) is 0 Å². The zero-order valence-corrected chi connectivity index (χ0v) is 8.53. The molecule has 0 rings (SSSR count). The molecule has 0 unspecified atom stereocenters. The maximum atomic E-state index is 10.9. The fraction of sp³-hybridized carbons (Fsp3) is 1.00. The minimum Gasteiger partial charge on any atom is -0.396 e. The van der Waals surface area contributed by atoms with Gasteiger partial charge in [-0.3, -0.25) is 0 Å². The van der Waals surface area contributed by atoms with Gasteiger partial charge in [0.25, 0.3) is 0 Å². The molecule has 0 radical (unpaired) electrons. The molecule has 0 aromatic heterocycles. The second kappa shape index (κ2) is 4.41. The third kappa shape index (κ3) is 3.71. The van der Waals surface area contributed by atoms with Crippen molar-refractivity contribution in [2.24, 2.45) is 11.1 Å². The molecule has 0 saturated carbocycles. The van der Waals surface area contributed by atoms with Gasteiger partial charge in [0.05, 0.1) is 12.4 Å². The molecule has 6 heteroatoms. The van der Waals surface area contributed by atoms with Crippen LogP contribution >= 0.6 is 11.6 Å². The van der Waals surface area contributed by atoms with Crippen LogP contribution in [-0.4, -0.2) is 44.6 Å². The number of sulfone groups is 1. The Labute approximate surface area is 77.6 Å². The molecule has 0 aliphatic carbocycles. The van der Waals surface area contributed by atoms with Gasteiger partial charge >= 0.3 is 0 Å². The highest BCUT2D eigenvalue weighted by molar-refractivity contribution is 7.90. The quantitative estimate of drug-likeness (QED) is 0.589. The van der Waals surface area contributed by atoms with Crippen LogP contribution < -0.4 is 5.73 Å². The van der Waals surface area contributed by atoms with Crippen LogP contribution in [-0.2, 0) is 9.84 Å². The van der Waals surface area contributed by atoms with Gasteiger partial charge < -0.3 is 10.8 Å². The summed E-state index contributed by atoms with van der Waals surface area (Å²) in [4.78, 5) is 0. The maximum Gasteiger partial charge on any atom is 0.148 e. The summed E-state index contributed by atoms with van der Waals surface area (Å²) in [7, 11) is -3.14. The van der Waals surface area contributed by atoms with Crippen molar-refractivity contribution in [2.75, 3.05) is 31.0 Å². The monoisotopic (exact) mass is 215 g/mol. The Balaban J connectivity index is 4.52. The van der Waals surface area contributed by atoms with Gasteiger partial charge in [-0.1, -0.05) is 0 Å². The lowest BCUT2D eigenvalue weighted by molar-refractivity contribution is 0.172. The smallest absolute Gasteiger partial charge is 0.148 e. The molecule has 0 aromatic rings. The fourth-order valence-corrected chi connectivity index (χ4v) is 2.68. The summed E-state index contributed by atoms with van der Waals surface area (Å²) in [6, 6.07) is 0. The molecular formula is C6H14ClNO3S. The van der Waals surface area contributed by atoms with E-state index < -0.39 is 15.3 Å². The van der Waals surface area contributed by atoms with E-state index in [-0.39, 0.29) is 24.8 Å². The van der Waals surface area contributed by atoms with Gasteiger partial charge in [0.1, 0.15) is 9.84 Å². The SMILES string of the molecule is CS(=O)(=O)C[C@@](CN)(CO)CCl. The first-order chi connectivity index (χ1) is 5.39.